The molecule has 1 fully saturated rings. The van der Waals surface area contributed by atoms with Crippen molar-refractivity contribution in [3.05, 3.63) is 35.2 Å². The quantitative estimate of drug-likeness (QED) is 0.423. The Kier molecular flexibility index (Phi) is 7.84. The van der Waals surface area contributed by atoms with E-state index in [0.29, 0.717) is 61.2 Å². The Balaban J connectivity index is 1.59. The van der Waals surface area contributed by atoms with E-state index in [1.54, 1.807) is 27.8 Å². The van der Waals surface area contributed by atoms with Gasteiger partial charge in [-0.05, 0) is 59.2 Å². The normalized spacial score (nSPS) is 13.8. The van der Waals surface area contributed by atoms with E-state index in [1.165, 1.54) is 0 Å². The lowest BCUT2D eigenvalue weighted by atomic mass is 10.0. The van der Waals surface area contributed by atoms with Crippen LogP contribution in [0.25, 0.3) is 11.0 Å². The number of nitrogens with one attached hydrogen (secondary N) is 1. The van der Waals surface area contributed by atoms with Crippen LogP contribution in [0.15, 0.2) is 18.2 Å². The molecule has 0 spiro atoms. The number of nitrogens with two attached hydrogens (primary N) is 1. The third-order valence-corrected chi connectivity index (χ3v) is 6.28. The number of benzene rings is 1. The Hall–Kier alpha value is -4.09. The maximum Gasteiger partial charge on any atom is 0.410 e. The van der Waals surface area contributed by atoms with Crippen LogP contribution >= 0.6 is 0 Å². The molecule has 3 N–H and O–H groups in total. The molecule has 1 aliphatic rings. The molecule has 1 aromatic carbocycles. The van der Waals surface area contributed by atoms with Crippen molar-refractivity contribution in [2.45, 2.75) is 66.7 Å². The first-order valence-electron chi connectivity index (χ1n) is 13.2. The van der Waals surface area contributed by atoms with Gasteiger partial charge in [-0.1, -0.05) is 6.92 Å². The van der Waals surface area contributed by atoms with E-state index in [9.17, 15) is 14.4 Å². The Morgan fingerprint density at radius 2 is 1.87 bits per heavy atom. The topological polar surface area (TPSA) is 147 Å². The predicted molar refractivity (Wildman–Crippen MR) is 146 cm³/mol. The summed E-state index contributed by atoms with van der Waals surface area (Å²) in [4.78, 5) is 43.8. The summed E-state index contributed by atoms with van der Waals surface area (Å²) in [6.45, 7) is 13.7. The lowest BCUT2D eigenvalue weighted by molar-refractivity contribution is -0.00777. The number of aromatic nitrogens is 4. The van der Waals surface area contributed by atoms with Crippen LogP contribution < -0.4 is 15.8 Å². The lowest BCUT2D eigenvalue weighted by Crippen LogP contribution is -2.53. The van der Waals surface area contributed by atoms with Gasteiger partial charge in [0.25, 0.3) is 5.91 Å². The molecule has 3 aromatic rings. The highest BCUT2D eigenvalue weighted by Crippen LogP contribution is 2.32. The van der Waals surface area contributed by atoms with Crippen LogP contribution in [0.4, 0.5) is 10.7 Å². The molecule has 12 nitrogen and oxygen atoms in total. The third kappa shape index (κ3) is 6.15. The van der Waals surface area contributed by atoms with Gasteiger partial charge in [-0.2, -0.15) is 5.10 Å². The number of carbonyl (C=O) groups excluding carboxylic acids is 3. The highest BCUT2D eigenvalue weighted by Gasteiger charge is 2.34. The second-order valence-electron chi connectivity index (χ2n) is 10.8. The van der Waals surface area contributed by atoms with E-state index in [0.717, 1.165) is 12.1 Å². The summed E-state index contributed by atoms with van der Waals surface area (Å²) in [7, 11) is 0. The summed E-state index contributed by atoms with van der Waals surface area (Å²) in [6, 6.07) is 4.93. The second-order valence-corrected chi connectivity index (χ2v) is 10.8. The van der Waals surface area contributed by atoms with Gasteiger partial charge in [0.2, 0.25) is 11.9 Å². The van der Waals surface area contributed by atoms with Crippen LogP contribution in [-0.2, 0) is 17.8 Å². The number of primary amides is 1. The molecule has 0 unspecified atom stereocenters. The number of hydrogen-bond donors (Lipinski definition) is 2. The van der Waals surface area contributed by atoms with Gasteiger partial charge in [0.1, 0.15) is 22.6 Å². The van der Waals surface area contributed by atoms with Gasteiger partial charge in [0, 0.05) is 37.7 Å². The van der Waals surface area contributed by atoms with E-state index in [4.69, 9.17) is 15.2 Å². The number of likely N-dealkylation sites (tertiary alicyclic amines) is 1. The number of imidazole rings is 1. The molecule has 0 radical (unpaired) electrons. The zero-order valence-electron chi connectivity index (χ0n) is 23.4. The van der Waals surface area contributed by atoms with Gasteiger partial charge >= 0.3 is 6.09 Å². The van der Waals surface area contributed by atoms with Gasteiger partial charge in [0.15, 0.2) is 0 Å². The summed E-state index contributed by atoms with van der Waals surface area (Å²) in [5.74, 6) is -0.0691. The fourth-order valence-electron chi connectivity index (χ4n) is 4.51. The van der Waals surface area contributed by atoms with Crippen molar-refractivity contribution in [3.63, 3.8) is 0 Å². The number of amides is 3. The first-order chi connectivity index (χ1) is 18.4. The highest BCUT2D eigenvalue weighted by atomic mass is 16.6. The van der Waals surface area contributed by atoms with Crippen LogP contribution in [0.3, 0.4) is 0 Å². The number of carbonyl (C=O) groups is 3. The highest BCUT2D eigenvalue weighted by molar-refractivity contribution is 6.04. The fourth-order valence-corrected chi connectivity index (χ4v) is 4.51. The molecule has 0 atom stereocenters. The summed E-state index contributed by atoms with van der Waals surface area (Å²) in [5.41, 5.74) is 7.60. The fraction of sp³-hybridized carbons (Fsp3) is 0.519. The predicted octanol–water partition coefficient (Wildman–Crippen LogP) is 3.57. The lowest BCUT2D eigenvalue weighted by Gasteiger charge is -2.39. The first-order valence-corrected chi connectivity index (χ1v) is 13.2. The molecule has 210 valence electrons. The molecule has 0 aliphatic carbocycles. The minimum Gasteiger partial charge on any atom is -0.491 e. The van der Waals surface area contributed by atoms with E-state index >= 15 is 0 Å². The summed E-state index contributed by atoms with van der Waals surface area (Å²) >= 11 is 0. The van der Waals surface area contributed by atoms with Crippen LogP contribution in [-0.4, -0.2) is 67.4 Å². The van der Waals surface area contributed by atoms with Gasteiger partial charge in [-0.25, -0.2) is 9.78 Å². The molecular formula is C27H37N7O5. The standard InChI is InChI=1S/C27H37N7O5/c1-7-9-33-22-19(29-25(33)30-24(36)20-10-16(3)31-34(20)8-2)11-18(23(28)35)12-21(22)38-15-17-13-32(14-17)26(37)39-27(4,5)6/h10-12,17H,7-9,13-15H2,1-6H3,(H2,28,35)(H,29,30,36). The molecule has 0 bridgehead atoms. The minimum atomic E-state index is -0.612. The molecule has 3 amide bonds. The van der Waals surface area contributed by atoms with Crippen molar-refractivity contribution in [2.24, 2.45) is 11.7 Å². The van der Waals surface area contributed by atoms with Crippen molar-refractivity contribution in [1.29, 1.82) is 0 Å². The zero-order chi connectivity index (χ0) is 28.5. The number of hydrogen-bond acceptors (Lipinski definition) is 7. The first kappa shape index (κ1) is 27.9. The molecule has 39 heavy (non-hydrogen) atoms. The second kappa shape index (κ2) is 11.0. The number of anilines is 1. The monoisotopic (exact) mass is 539 g/mol. The smallest absolute Gasteiger partial charge is 0.410 e. The van der Waals surface area contributed by atoms with Crippen LogP contribution in [0.2, 0.25) is 0 Å². The SMILES string of the molecule is CCCn1c(NC(=O)c2cc(C)nn2CC)nc2cc(C(N)=O)cc(OCC3CN(C(=O)OC(C)(C)C)C3)c21. The number of ether oxygens (including phenoxy) is 2. The maximum absolute atomic E-state index is 13.2. The number of fused-ring (bicyclic) bond motifs is 1. The Morgan fingerprint density at radius 3 is 2.49 bits per heavy atom. The molecule has 2 aromatic heterocycles. The molecular weight excluding hydrogens is 502 g/mol. The van der Waals surface area contributed by atoms with Crippen molar-refractivity contribution < 1.29 is 23.9 Å². The number of rotatable bonds is 9. The summed E-state index contributed by atoms with van der Waals surface area (Å²) < 4.78 is 15.1. The van der Waals surface area contributed by atoms with E-state index < -0.39 is 11.5 Å². The van der Waals surface area contributed by atoms with Crippen LogP contribution in [0.5, 0.6) is 5.75 Å². The van der Waals surface area contributed by atoms with Gasteiger partial charge in [-0.15, -0.1) is 0 Å². The molecule has 1 aliphatic heterocycles. The molecule has 1 saturated heterocycles. The zero-order valence-corrected chi connectivity index (χ0v) is 23.4. The van der Waals surface area contributed by atoms with Crippen LogP contribution in [0.1, 0.15) is 67.6 Å². The average Bonchev–Trinajstić information content (AvgIpc) is 3.36. The van der Waals surface area contributed by atoms with Crippen LogP contribution in [0, 0.1) is 12.8 Å². The Bertz CT molecular complexity index is 1400. The molecule has 0 saturated carbocycles. The minimum absolute atomic E-state index is 0.101. The third-order valence-electron chi connectivity index (χ3n) is 6.28. The maximum atomic E-state index is 13.2. The van der Waals surface area contributed by atoms with Crippen molar-refractivity contribution >= 4 is 34.9 Å². The van der Waals surface area contributed by atoms with Gasteiger partial charge in [0.05, 0.1) is 17.8 Å². The Morgan fingerprint density at radius 1 is 1.15 bits per heavy atom. The summed E-state index contributed by atoms with van der Waals surface area (Å²) in [6.07, 6.45) is 0.419. The molecule has 4 rings (SSSR count). The van der Waals surface area contributed by atoms with Gasteiger partial charge in [-0.3, -0.25) is 19.6 Å². The van der Waals surface area contributed by atoms with Crippen molar-refractivity contribution in [2.75, 3.05) is 25.0 Å². The van der Waals surface area contributed by atoms with E-state index in [-0.39, 0.29) is 23.5 Å². The average molecular weight is 540 g/mol. The van der Waals surface area contributed by atoms with Gasteiger partial charge < -0.3 is 24.7 Å². The van der Waals surface area contributed by atoms with Crippen molar-refractivity contribution in [3.8, 4) is 5.75 Å². The number of nitrogens with zero attached hydrogens (tertiary/aromatic N) is 5. The number of aryl methyl sites for hydroxylation is 3. The summed E-state index contributed by atoms with van der Waals surface area (Å²) in [5, 5.41) is 7.26. The molecule has 3 heterocycles. The Labute approximate surface area is 227 Å². The van der Waals surface area contributed by atoms with Crippen molar-refractivity contribution in [1.82, 2.24) is 24.2 Å². The van der Waals surface area contributed by atoms with E-state index in [2.05, 4.69) is 15.4 Å². The molecule has 12 heteroatoms. The largest absolute Gasteiger partial charge is 0.491 e. The van der Waals surface area contributed by atoms with E-state index in [1.807, 2.05) is 46.1 Å².